The van der Waals surface area contributed by atoms with E-state index in [0.29, 0.717) is 28.9 Å². The lowest BCUT2D eigenvalue weighted by molar-refractivity contribution is 0.400. The van der Waals surface area contributed by atoms with Crippen LogP contribution in [0.2, 0.25) is 0 Å². The largest absolute Gasteiger partial charge is 0.393 e. The molecule has 0 saturated heterocycles. The van der Waals surface area contributed by atoms with Crippen LogP contribution in [0.5, 0.6) is 0 Å². The first-order chi connectivity index (χ1) is 11.1. The molecule has 7 heteroatoms. The summed E-state index contributed by atoms with van der Waals surface area (Å²) in [5.41, 5.74) is 7.73. The van der Waals surface area contributed by atoms with Gasteiger partial charge in [-0.25, -0.2) is 9.97 Å². The Bertz CT molecular complexity index is 786. The van der Waals surface area contributed by atoms with Crippen LogP contribution in [0.1, 0.15) is 24.3 Å². The lowest BCUT2D eigenvalue weighted by atomic mass is 10.1. The summed E-state index contributed by atoms with van der Waals surface area (Å²) in [6.45, 7) is 3.86. The van der Waals surface area contributed by atoms with Crippen LogP contribution < -0.4 is 16.4 Å². The third kappa shape index (κ3) is 3.39. The van der Waals surface area contributed by atoms with Gasteiger partial charge in [-0.2, -0.15) is 0 Å². The van der Waals surface area contributed by atoms with Crippen molar-refractivity contribution in [3.05, 3.63) is 54.0 Å². The van der Waals surface area contributed by atoms with E-state index in [4.69, 9.17) is 10.3 Å². The van der Waals surface area contributed by atoms with Crippen molar-refractivity contribution in [3.8, 4) is 0 Å². The van der Waals surface area contributed by atoms with Crippen LogP contribution in [0.25, 0.3) is 0 Å². The van der Waals surface area contributed by atoms with E-state index in [1.165, 1.54) is 6.33 Å². The highest BCUT2D eigenvalue weighted by molar-refractivity contribution is 5.77. The number of anilines is 4. The molecule has 3 rings (SSSR count). The maximum absolute atomic E-state index is 6.16. The van der Waals surface area contributed by atoms with Crippen LogP contribution in [0.3, 0.4) is 0 Å². The molecule has 0 fully saturated rings. The van der Waals surface area contributed by atoms with E-state index in [1.807, 2.05) is 44.2 Å². The van der Waals surface area contributed by atoms with Gasteiger partial charge < -0.3 is 20.9 Å². The van der Waals surface area contributed by atoms with Crippen molar-refractivity contribution in [3.63, 3.8) is 0 Å². The van der Waals surface area contributed by atoms with Gasteiger partial charge in [-0.1, -0.05) is 35.5 Å². The summed E-state index contributed by atoms with van der Waals surface area (Å²) in [6.07, 6.45) is 1.45. The summed E-state index contributed by atoms with van der Waals surface area (Å²) in [4.78, 5) is 8.37. The van der Waals surface area contributed by atoms with Gasteiger partial charge in [0.2, 0.25) is 0 Å². The highest BCUT2D eigenvalue weighted by Crippen LogP contribution is 2.28. The average molecular weight is 310 g/mol. The van der Waals surface area contributed by atoms with Crippen molar-refractivity contribution in [2.75, 3.05) is 16.4 Å². The normalized spacial score (nSPS) is 11.9. The van der Waals surface area contributed by atoms with Crippen molar-refractivity contribution in [1.82, 2.24) is 15.1 Å². The Kier molecular flexibility index (Phi) is 4.09. The second-order valence-electron chi connectivity index (χ2n) is 5.21. The molecule has 1 aromatic carbocycles. The molecule has 0 aliphatic carbocycles. The third-order valence-corrected chi connectivity index (χ3v) is 3.41. The fourth-order valence-corrected chi connectivity index (χ4v) is 2.19. The number of nitrogens with two attached hydrogens (primary N) is 1. The van der Waals surface area contributed by atoms with Crippen LogP contribution >= 0.6 is 0 Å². The van der Waals surface area contributed by atoms with Crippen LogP contribution in [-0.2, 0) is 0 Å². The minimum absolute atomic E-state index is 0.0653. The van der Waals surface area contributed by atoms with Gasteiger partial charge in [-0.3, -0.25) is 0 Å². The summed E-state index contributed by atoms with van der Waals surface area (Å²) < 4.78 is 5.02. The van der Waals surface area contributed by atoms with Crippen LogP contribution in [-0.4, -0.2) is 15.1 Å². The van der Waals surface area contributed by atoms with E-state index < -0.39 is 0 Å². The lowest BCUT2D eigenvalue weighted by Crippen LogP contribution is -2.11. The Morgan fingerprint density at radius 2 is 1.87 bits per heavy atom. The predicted molar refractivity (Wildman–Crippen MR) is 89.4 cm³/mol. The average Bonchev–Trinajstić information content (AvgIpc) is 2.97. The molecule has 0 aliphatic rings. The molecular weight excluding hydrogens is 292 g/mol. The summed E-state index contributed by atoms with van der Waals surface area (Å²) in [6, 6.07) is 11.9. The number of hydrogen-bond donors (Lipinski definition) is 3. The maximum Gasteiger partial charge on any atom is 0.175 e. The van der Waals surface area contributed by atoms with Gasteiger partial charge in [0.25, 0.3) is 0 Å². The minimum atomic E-state index is 0.0653. The lowest BCUT2D eigenvalue weighted by Gasteiger charge is -2.17. The molecule has 4 N–H and O–H groups in total. The van der Waals surface area contributed by atoms with Crippen LogP contribution in [0.4, 0.5) is 23.1 Å². The van der Waals surface area contributed by atoms with Gasteiger partial charge in [0.05, 0.1) is 6.04 Å². The smallest absolute Gasteiger partial charge is 0.175 e. The summed E-state index contributed by atoms with van der Waals surface area (Å²) >= 11 is 0. The first-order valence-corrected chi connectivity index (χ1v) is 7.26. The molecule has 0 amide bonds. The Hall–Kier alpha value is -3.09. The molecule has 0 saturated carbocycles. The van der Waals surface area contributed by atoms with Crippen molar-refractivity contribution >= 4 is 23.1 Å². The molecule has 0 aliphatic heterocycles. The monoisotopic (exact) mass is 310 g/mol. The number of benzene rings is 1. The van der Waals surface area contributed by atoms with Crippen molar-refractivity contribution < 1.29 is 4.52 Å². The first kappa shape index (κ1) is 14.8. The fourth-order valence-electron chi connectivity index (χ4n) is 2.19. The third-order valence-electron chi connectivity index (χ3n) is 3.41. The number of hydrogen-bond acceptors (Lipinski definition) is 7. The van der Waals surface area contributed by atoms with Crippen LogP contribution in [0, 0.1) is 6.92 Å². The molecule has 0 bridgehead atoms. The number of nitrogens with zero attached hydrogens (tertiary/aromatic N) is 3. The molecule has 2 aromatic heterocycles. The molecular formula is C16H18N6O. The zero-order valence-electron chi connectivity index (χ0n) is 12.9. The summed E-state index contributed by atoms with van der Waals surface area (Å²) in [5, 5.41) is 10.2. The van der Waals surface area contributed by atoms with Gasteiger partial charge in [0, 0.05) is 6.07 Å². The molecule has 1 atom stereocenters. The highest BCUT2D eigenvalue weighted by Gasteiger charge is 2.13. The van der Waals surface area contributed by atoms with E-state index in [-0.39, 0.29) is 6.04 Å². The Morgan fingerprint density at radius 1 is 1.13 bits per heavy atom. The van der Waals surface area contributed by atoms with E-state index in [0.717, 1.165) is 5.56 Å². The molecule has 3 aromatic rings. The Labute approximate surface area is 133 Å². The molecule has 118 valence electrons. The number of aryl methyl sites for hydroxylation is 1. The summed E-state index contributed by atoms with van der Waals surface area (Å²) in [7, 11) is 0. The van der Waals surface area contributed by atoms with Gasteiger partial charge in [-0.05, 0) is 19.4 Å². The summed E-state index contributed by atoms with van der Waals surface area (Å²) in [5.74, 6) is 2.31. The van der Waals surface area contributed by atoms with Crippen LogP contribution in [0.15, 0.2) is 47.2 Å². The molecule has 0 radical (unpaired) electrons. The molecule has 1 unspecified atom stereocenters. The van der Waals surface area contributed by atoms with Crippen molar-refractivity contribution in [1.29, 1.82) is 0 Å². The number of aromatic nitrogens is 3. The standard InChI is InChI=1S/C16H18N6O/c1-10-8-13(22-23-10)21-16-14(17)15(18-9-19-16)20-11(2)12-6-4-3-5-7-12/h3-9,11H,17H2,1-2H3,(H2,18,19,20,21,22). The zero-order valence-corrected chi connectivity index (χ0v) is 12.9. The predicted octanol–water partition coefficient (Wildman–Crippen LogP) is 3.27. The van der Waals surface area contributed by atoms with Gasteiger partial charge in [0.1, 0.15) is 17.8 Å². The van der Waals surface area contributed by atoms with E-state index in [9.17, 15) is 0 Å². The van der Waals surface area contributed by atoms with Gasteiger partial charge in [0.15, 0.2) is 17.5 Å². The first-order valence-electron chi connectivity index (χ1n) is 7.26. The van der Waals surface area contributed by atoms with E-state index in [1.54, 1.807) is 6.07 Å². The van der Waals surface area contributed by atoms with Crippen molar-refractivity contribution in [2.45, 2.75) is 19.9 Å². The number of rotatable bonds is 5. The second-order valence-corrected chi connectivity index (χ2v) is 5.21. The molecule has 0 spiro atoms. The SMILES string of the molecule is Cc1cc(Nc2ncnc(NC(C)c3ccccc3)c2N)no1. The van der Waals surface area contributed by atoms with E-state index in [2.05, 4.69) is 25.8 Å². The molecule has 2 heterocycles. The fraction of sp³-hybridized carbons (Fsp3) is 0.188. The zero-order chi connectivity index (χ0) is 16.2. The minimum Gasteiger partial charge on any atom is -0.393 e. The van der Waals surface area contributed by atoms with Gasteiger partial charge in [-0.15, -0.1) is 0 Å². The van der Waals surface area contributed by atoms with E-state index >= 15 is 0 Å². The maximum atomic E-state index is 6.16. The van der Waals surface area contributed by atoms with Gasteiger partial charge >= 0.3 is 0 Å². The Balaban J connectivity index is 1.79. The van der Waals surface area contributed by atoms with Crippen molar-refractivity contribution in [2.24, 2.45) is 0 Å². The number of nitrogen functional groups attached to an aromatic ring is 1. The highest BCUT2D eigenvalue weighted by atomic mass is 16.5. The molecule has 23 heavy (non-hydrogen) atoms. The number of nitrogens with one attached hydrogen (secondary N) is 2. The molecule has 7 nitrogen and oxygen atoms in total. The second kappa shape index (κ2) is 6.35. The Morgan fingerprint density at radius 3 is 2.57 bits per heavy atom. The topological polar surface area (TPSA) is 102 Å². The quantitative estimate of drug-likeness (QED) is 0.664.